The van der Waals surface area contributed by atoms with Crippen LogP contribution in [0.5, 0.6) is 0 Å². The van der Waals surface area contributed by atoms with Crippen LogP contribution in [0.3, 0.4) is 0 Å². The fraction of sp³-hybridized carbons (Fsp3) is 0.296. The average Bonchev–Trinajstić information content (AvgIpc) is 2.86. The van der Waals surface area contributed by atoms with Gasteiger partial charge in [-0.2, -0.15) is 8.42 Å². The number of anilines is 1. The SMILES string of the molecule is CCN(CC)c1ccc(C(=C2C=CC(=[N+](CC)CC)C=C2)c2cc(S(=O)(=O)[O-])ccc2S(=O)(=O)O)cc1.[Na+]. The normalized spacial score (nSPS) is 13.3. The molecule has 0 radical (unpaired) electrons. The van der Waals surface area contributed by atoms with Gasteiger partial charge in [-0.25, -0.2) is 13.0 Å². The Bertz CT molecular complexity index is 1480. The van der Waals surface area contributed by atoms with Crippen LogP contribution in [-0.4, -0.2) is 62.4 Å². The van der Waals surface area contributed by atoms with Crippen LogP contribution in [0.25, 0.3) is 5.57 Å². The van der Waals surface area contributed by atoms with Crippen LogP contribution in [0.2, 0.25) is 0 Å². The molecule has 0 unspecified atom stereocenters. The minimum atomic E-state index is -4.89. The van der Waals surface area contributed by atoms with Gasteiger partial charge in [0.15, 0.2) is 5.71 Å². The second-order valence-corrected chi connectivity index (χ2v) is 11.2. The largest absolute Gasteiger partial charge is 1.00 e. The van der Waals surface area contributed by atoms with Crippen molar-refractivity contribution in [3.05, 3.63) is 83.5 Å². The smallest absolute Gasteiger partial charge is 0.744 e. The Morgan fingerprint density at radius 1 is 0.868 bits per heavy atom. The van der Waals surface area contributed by atoms with E-state index in [0.29, 0.717) is 16.7 Å². The third kappa shape index (κ3) is 7.32. The monoisotopic (exact) mass is 567 g/mol. The molecule has 3 rings (SSSR count). The Hall–Kier alpha value is -2.05. The van der Waals surface area contributed by atoms with E-state index in [2.05, 4.69) is 9.48 Å². The molecule has 0 heterocycles. The van der Waals surface area contributed by atoms with Gasteiger partial charge in [0, 0.05) is 36.5 Å². The summed E-state index contributed by atoms with van der Waals surface area (Å²) < 4.78 is 72.3. The van der Waals surface area contributed by atoms with E-state index in [1.54, 1.807) is 0 Å². The van der Waals surface area contributed by atoms with Gasteiger partial charge in [-0.05, 0) is 86.9 Å². The zero-order chi connectivity index (χ0) is 27.4. The van der Waals surface area contributed by atoms with Crippen molar-refractivity contribution in [3.8, 4) is 0 Å². The first-order chi connectivity index (χ1) is 17.4. The minimum absolute atomic E-state index is 0. The standard InChI is InChI=1S/C27H32N2O6S2.Na/c1-5-28(6-2)22-13-9-20(10-14-22)27(21-11-15-23(16-12-21)29(7-3)8-4)25-19-24(36(30,31)32)17-18-26(25)37(33,34)35;/h9-19H,5-8H2,1-4H3,(H-,30,31,32,33,34,35);/q;+1. The van der Waals surface area contributed by atoms with Crippen molar-refractivity contribution in [2.24, 2.45) is 0 Å². The van der Waals surface area contributed by atoms with Crippen molar-refractivity contribution in [1.82, 2.24) is 0 Å². The fourth-order valence-corrected chi connectivity index (χ4v) is 5.59. The molecule has 0 fully saturated rings. The van der Waals surface area contributed by atoms with Crippen LogP contribution in [0.4, 0.5) is 5.69 Å². The molecule has 11 heteroatoms. The number of allylic oxidation sites excluding steroid dienone is 5. The molecule has 0 saturated heterocycles. The van der Waals surface area contributed by atoms with Crippen molar-refractivity contribution < 1.29 is 60.1 Å². The van der Waals surface area contributed by atoms with E-state index in [9.17, 15) is 25.9 Å². The van der Waals surface area contributed by atoms with Crippen molar-refractivity contribution in [2.75, 3.05) is 31.1 Å². The number of benzene rings is 2. The first kappa shape index (κ1) is 32.2. The van der Waals surface area contributed by atoms with Crippen LogP contribution >= 0.6 is 0 Å². The number of hydrogen-bond donors (Lipinski definition) is 1. The Balaban J connectivity index is 0.00000507. The molecule has 0 aliphatic heterocycles. The van der Waals surface area contributed by atoms with E-state index in [1.807, 2.05) is 76.3 Å². The zero-order valence-electron chi connectivity index (χ0n) is 22.4. The van der Waals surface area contributed by atoms with E-state index < -0.39 is 30.0 Å². The maximum absolute atomic E-state index is 12.3. The van der Waals surface area contributed by atoms with Gasteiger partial charge >= 0.3 is 29.6 Å². The first-order valence-corrected chi connectivity index (χ1v) is 14.9. The molecular weight excluding hydrogens is 535 g/mol. The van der Waals surface area contributed by atoms with Crippen molar-refractivity contribution >= 4 is 37.2 Å². The Morgan fingerprint density at radius 3 is 1.87 bits per heavy atom. The van der Waals surface area contributed by atoms with Crippen LogP contribution in [-0.2, 0) is 20.2 Å². The molecule has 1 aliphatic carbocycles. The van der Waals surface area contributed by atoms with Gasteiger partial charge in [0.05, 0.1) is 4.90 Å². The second-order valence-electron chi connectivity index (χ2n) is 8.40. The summed E-state index contributed by atoms with van der Waals surface area (Å²) in [5.41, 5.74) is 3.42. The summed E-state index contributed by atoms with van der Waals surface area (Å²) in [6.07, 6.45) is 7.42. The molecule has 2 aromatic carbocycles. The second kappa shape index (κ2) is 13.3. The third-order valence-electron chi connectivity index (χ3n) is 6.36. The zero-order valence-corrected chi connectivity index (χ0v) is 26.0. The predicted molar refractivity (Wildman–Crippen MR) is 145 cm³/mol. The van der Waals surface area contributed by atoms with Crippen LogP contribution in [0.1, 0.15) is 38.8 Å². The quantitative estimate of drug-likeness (QED) is 0.274. The van der Waals surface area contributed by atoms with Gasteiger partial charge in [-0.3, -0.25) is 4.55 Å². The van der Waals surface area contributed by atoms with Gasteiger partial charge in [-0.1, -0.05) is 12.1 Å². The van der Waals surface area contributed by atoms with E-state index in [4.69, 9.17) is 0 Å². The Labute approximate surface area is 247 Å². The number of nitrogens with zero attached hydrogens (tertiary/aromatic N) is 2. The van der Waals surface area contributed by atoms with Gasteiger partial charge in [-0.15, -0.1) is 0 Å². The van der Waals surface area contributed by atoms with Crippen LogP contribution in [0.15, 0.2) is 82.1 Å². The molecule has 38 heavy (non-hydrogen) atoms. The molecule has 0 aromatic heterocycles. The predicted octanol–water partition coefficient (Wildman–Crippen LogP) is 1.11. The molecule has 1 aliphatic rings. The maximum Gasteiger partial charge on any atom is 1.00 e. The van der Waals surface area contributed by atoms with Crippen molar-refractivity contribution in [2.45, 2.75) is 37.5 Å². The first-order valence-electron chi connectivity index (χ1n) is 12.1. The molecule has 8 nitrogen and oxygen atoms in total. The fourth-order valence-electron chi connectivity index (χ4n) is 4.42. The van der Waals surface area contributed by atoms with Gasteiger partial charge in [0.25, 0.3) is 10.1 Å². The summed E-state index contributed by atoms with van der Waals surface area (Å²) in [4.78, 5) is 1.07. The summed E-state index contributed by atoms with van der Waals surface area (Å²) >= 11 is 0. The maximum atomic E-state index is 12.3. The van der Waals surface area contributed by atoms with E-state index in [-0.39, 0.29) is 35.1 Å². The van der Waals surface area contributed by atoms with Gasteiger partial charge in [0.2, 0.25) is 0 Å². The summed E-state index contributed by atoms with van der Waals surface area (Å²) in [7, 11) is -9.64. The molecule has 0 saturated carbocycles. The van der Waals surface area contributed by atoms with E-state index >= 15 is 0 Å². The van der Waals surface area contributed by atoms with Crippen LogP contribution in [0, 0.1) is 0 Å². The van der Waals surface area contributed by atoms with Crippen molar-refractivity contribution in [1.29, 1.82) is 0 Å². The molecular formula is C27H32N2NaO6S2+. The number of rotatable bonds is 9. The molecule has 0 spiro atoms. The molecule has 1 N–H and O–H groups in total. The molecule has 2 aromatic rings. The van der Waals surface area contributed by atoms with E-state index in [1.165, 1.54) is 0 Å². The molecule has 0 bridgehead atoms. The summed E-state index contributed by atoms with van der Waals surface area (Å²) in [6, 6.07) is 10.3. The molecule has 0 amide bonds. The summed E-state index contributed by atoms with van der Waals surface area (Å²) in [5, 5.41) is 0. The third-order valence-corrected chi connectivity index (χ3v) is 8.10. The molecule has 198 valence electrons. The van der Waals surface area contributed by atoms with Gasteiger partial charge < -0.3 is 9.45 Å². The summed E-state index contributed by atoms with van der Waals surface area (Å²) in [6.45, 7) is 11.4. The Morgan fingerprint density at radius 2 is 1.42 bits per heavy atom. The average molecular weight is 568 g/mol. The Kier molecular flexibility index (Phi) is 11.3. The van der Waals surface area contributed by atoms with Crippen LogP contribution < -0.4 is 34.5 Å². The van der Waals surface area contributed by atoms with Gasteiger partial charge in [0.1, 0.15) is 28.1 Å². The minimum Gasteiger partial charge on any atom is -0.744 e. The van der Waals surface area contributed by atoms with Crippen molar-refractivity contribution in [3.63, 3.8) is 0 Å². The van der Waals surface area contributed by atoms with E-state index in [0.717, 1.165) is 55.8 Å². The molecule has 0 atom stereocenters. The summed E-state index contributed by atoms with van der Waals surface area (Å²) in [5.74, 6) is 0. The topological polar surface area (TPSA) is 118 Å². The number of hydrogen-bond acceptors (Lipinski definition) is 6.